The molecule has 1 saturated heterocycles. The summed E-state index contributed by atoms with van der Waals surface area (Å²) >= 11 is 0. The minimum Gasteiger partial charge on any atom is -0.328 e. The number of nitrogens with zero attached hydrogens (tertiary/aromatic N) is 2. The van der Waals surface area contributed by atoms with Gasteiger partial charge in [-0.15, -0.1) is 0 Å². The summed E-state index contributed by atoms with van der Waals surface area (Å²) in [5, 5.41) is 2.86. The second-order valence-electron chi connectivity index (χ2n) is 6.15. The summed E-state index contributed by atoms with van der Waals surface area (Å²) in [6, 6.07) is 3.83. The van der Waals surface area contributed by atoms with Gasteiger partial charge in [-0.3, -0.25) is 9.59 Å². The normalized spacial score (nSPS) is 25.3. The Morgan fingerprint density at radius 2 is 2.05 bits per heavy atom. The lowest BCUT2D eigenvalue weighted by molar-refractivity contribution is -0.121. The van der Waals surface area contributed by atoms with Crippen molar-refractivity contribution in [1.29, 1.82) is 0 Å². The van der Waals surface area contributed by atoms with E-state index in [1.54, 1.807) is 17.2 Å². The number of nitrogens with two attached hydrogens (primary N) is 1. The van der Waals surface area contributed by atoms with E-state index in [1.807, 2.05) is 6.07 Å². The summed E-state index contributed by atoms with van der Waals surface area (Å²) < 4.78 is 0. The van der Waals surface area contributed by atoms with Crippen LogP contribution in [0.1, 0.15) is 38.5 Å². The molecule has 1 aromatic heterocycles. The van der Waals surface area contributed by atoms with Gasteiger partial charge in [-0.05, 0) is 44.2 Å². The first-order valence-electron chi connectivity index (χ1n) is 7.96. The molecule has 1 aliphatic carbocycles. The molecule has 0 atom stereocenters. The number of aromatic nitrogens is 1. The third-order valence-electron chi connectivity index (χ3n) is 4.53. The molecule has 1 saturated carbocycles. The van der Waals surface area contributed by atoms with E-state index in [1.165, 1.54) is 0 Å². The lowest BCUT2D eigenvalue weighted by atomic mass is 9.86. The summed E-state index contributed by atoms with van der Waals surface area (Å²) in [5.41, 5.74) is 6.66. The van der Waals surface area contributed by atoms with Crippen LogP contribution in [0.15, 0.2) is 18.3 Å². The van der Waals surface area contributed by atoms with E-state index in [0.717, 1.165) is 44.3 Å². The molecule has 1 aromatic rings. The van der Waals surface area contributed by atoms with E-state index in [9.17, 15) is 9.59 Å². The average molecular weight is 302 g/mol. The summed E-state index contributed by atoms with van der Waals surface area (Å²) in [6.45, 7) is 0.745. The van der Waals surface area contributed by atoms with Crippen LogP contribution >= 0.6 is 0 Å². The standard InChI is InChI=1S/C16H22N4O2/c17-12-5-3-11(4-6-12)16(22)19-14-8-7-13(10-18-14)20-9-1-2-15(20)21/h7-8,10-12H,1-6,9,17H2,(H,18,19,22). The van der Waals surface area contributed by atoms with Crippen LogP contribution in [0.3, 0.4) is 0 Å². The molecule has 0 aromatic carbocycles. The minimum atomic E-state index is 0.0180. The van der Waals surface area contributed by atoms with Crippen molar-refractivity contribution in [3.63, 3.8) is 0 Å². The molecular formula is C16H22N4O2. The summed E-state index contributed by atoms with van der Waals surface area (Å²) in [4.78, 5) is 29.9. The molecule has 118 valence electrons. The molecule has 2 fully saturated rings. The van der Waals surface area contributed by atoms with Crippen molar-refractivity contribution in [1.82, 2.24) is 4.98 Å². The van der Waals surface area contributed by atoms with Crippen LogP contribution in [-0.2, 0) is 9.59 Å². The third-order valence-corrected chi connectivity index (χ3v) is 4.53. The zero-order valence-corrected chi connectivity index (χ0v) is 12.6. The van der Waals surface area contributed by atoms with Gasteiger partial charge in [0, 0.05) is 24.9 Å². The van der Waals surface area contributed by atoms with Gasteiger partial charge in [0.05, 0.1) is 11.9 Å². The molecule has 2 aliphatic rings. The van der Waals surface area contributed by atoms with Gasteiger partial charge in [-0.1, -0.05) is 0 Å². The number of carbonyl (C=O) groups excluding carboxylic acids is 2. The molecule has 2 amide bonds. The van der Waals surface area contributed by atoms with Crippen LogP contribution in [0.25, 0.3) is 0 Å². The molecule has 6 heteroatoms. The zero-order valence-electron chi connectivity index (χ0n) is 12.6. The smallest absolute Gasteiger partial charge is 0.228 e. The number of carbonyl (C=O) groups is 2. The molecule has 6 nitrogen and oxygen atoms in total. The van der Waals surface area contributed by atoms with Crippen molar-refractivity contribution in [3.05, 3.63) is 18.3 Å². The maximum atomic E-state index is 12.2. The van der Waals surface area contributed by atoms with Gasteiger partial charge in [0.2, 0.25) is 11.8 Å². The van der Waals surface area contributed by atoms with Gasteiger partial charge in [0.25, 0.3) is 0 Å². The predicted molar refractivity (Wildman–Crippen MR) is 84.4 cm³/mol. The van der Waals surface area contributed by atoms with E-state index in [0.29, 0.717) is 12.2 Å². The van der Waals surface area contributed by atoms with Gasteiger partial charge in [0.1, 0.15) is 5.82 Å². The monoisotopic (exact) mass is 302 g/mol. The predicted octanol–water partition coefficient (Wildman–Crippen LogP) is 1.66. The summed E-state index contributed by atoms with van der Waals surface area (Å²) in [6.07, 6.45) is 6.63. The lowest BCUT2D eigenvalue weighted by Gasteiger charge is -2.25. The van der Waals surface area contributed by atoms with Crippen LogP contribution < -0.4 is 16.0 Å². The number of pyridine rings is 1. The zero-order chi connectivity index (χ0) is 15.5. The molecule has 2 heterocycles. The Labute approximate surface area is 130 Å². The number of amides is 2. The van der Waals surface area contributed by atoms with Crippen LogP contribution in [0.4, 0.5) is 11.5 Å². The Kier molecular flexibility index (Phi) is 4.38. The van der Waals surface area contributed by atoms with E-state index in [2.05, 4.69) is 10.3 Å². The molecule has 0 radical (unpaired) electrons. The second-order valence-corrected chi connectivity index (χ2v) is 6.15. The van der Waals surface area contributed by atoms with Crippen LogP contribution in [0.2, 0.25) is 0 Å². The first-order valence-corrected chi connectivity index (χ1v) is 7.96. The van der Waals surface area contributed by atoms with E-state index >= 15 is 0 Å². The highest BCUT2D eigenvalue weighted by Gasteiger charge is 2.25. The Bertz CT molecular complexity index is 550. The summed E-state index contributed by atoms with van der Waals surface area (Å²) in [5.74, 6) is 0.721. The highest BCUT2D eigenvalue weighted by Crippen LogP contribution is 2.25. The van der Waals surface area contributed by atoms with Gasteiger partial charge in [-0.25, -0.2) is 4.98 Å². The van der Waals surface area contributed by atoms with Crippen molar-refractivity contribution in [2.75, 3.05) is 16.8 Å². The van der Waals surface area contributed by atoms with E-state index in [4.69, 9.17) is 5.73 Å². The van der Waals surface area contributed by atoms with Crippen LogP contribution in [0.5, 0.6) is 0 Å². The quantitative estimate of drug-likeness (QED) is 0.889. The first-order chi connectivity index (χ1) is 10.6. The minimum absolute atomic E-state index is 0.0180. The highest BCUT2D eigenvalue weighted by molar-refractivity contribution is 5.95. The van der Waals surface area contributed by atoms with Crippen molar-refractivity contribution >= 4 is 23.3 Å². The van der Waals surface area contributed by atoms with Gasteiger partial charge < -0.3 is 16.0 Å². The topological polar surface area (TPSA) is 88.3 Å². The van der Waals surface area contributed by atoms with Crippen molar-refractivity contribution in [2.24, 2.45) is 11.7 Å². The molecule has 3 N–H and O–H groups in total. The van der Waals surface area contributed by atoms with Gasteiger partial charge >= 0.3 is 0 Å². The van der Waals surface area contributed by atoms with Crippen molar-refractivity contribution < 1.29 is 9.59 Å². The number of rotatable bonds is 3. The fourth-order valence-corrected chi connectivity index (χ4v) is 3.15. The summed E-state index contributed by atoms with van der Waals surface area (Å²) in [7, 11) is 0. The largest absolute Gasteiger partial charge is 0.328 e. The van der Waals surface area contributed by atoms with Crippen LogP contribution in [0, 0.1) is 5.92 Å². The number of anilines is 2. The fourth-order valence-electron chi connectivity index (χ4n) is 3.15. The molecule has 0 bridgehead atoms. The lowest BCUT2D eigenvalue weighted by Crippen LogP contribution is -2.32. The average Bonchev–Trinajstić information content (AvgIpc) is 2.95. The Morgan fingerprint density at radius 3 is 2.64 bits per heavy atom. The molecule has 1 aliphatic heterocycles. The first kappa shape index (κ1) is 15.0. The Hall–Kier alpha value is -1.95. The van der Waals surface area contributed by atoms with E-state index in [-0.39, 0.29) is 23.8 Å². The molecule has 0 unspecified atom stereocenters. The molecule has 22 heavy (non-hydrogen) atoms. The van der Waals surface area contributed by atoms with Crippen LogP contribution in [-0.4, -0.2) is 29.4 Å². The Balaban J connectivity index is 1.59. The van der Waals surface area contributed by atoms with E-state index < -0.39 is 0 Å². The molecule has 3 rings (SSSR count). The maximum absolute atomic E-state index is 12.2. The molecular weight excluding hydrogens is 280 g/mol. The maximum Gasteiger partial charge on any atom is 0.228 e. The molecule has 0 spiro atoms. The second kappa shape index (κ2) is 6.44. The van der Waals surface area contributed by atoms with Crippen molar-refractivity contribution in [2.45, 2.75) is 44.6 Å². The van der Waals surface area contributed by atoms with Gasteiger partial charge in [0.15, 0.2) is 0 Å². The van der Waals surface area contributed by atoms with Gasteiger partial charge in [-0.2, -0.15) is 0 Å². The SMILES string of the molecule is NC1CCC(C(=O)Nc2ccc(N3CCCC3=O)cn2)CC1. The number of hydrogen-bond donors (Lipinski definition) is 2. The third kappa shape index (κ3) is 3.27. The highest BCUT2D eigenvalue weighted by atomic mass is 16.2. The Morgan fingerprint density at radius 1 is 1.27 bits per heavy atom. The fraction of sp³-hybridized carbons (Fsp3) is 0.562. The number of nitrogens with one attached hydrogen (secondary N) is 1. The van der Waals surface area contributed by atoms with Crippen molar-refractivity contribution in [3.8, 4) is 0 Å². The number of hydrogen-bond acceptors (Lipinski definition) is 4.